The summed E-state index contributed by atoms with van der Waals surface area (Å²) in [5.41, 5.74) is -0.562. The molecule has 8 nitrogen and oxygen atoms in total. The standard InChI is InChI=1S/C27H37N3O5/c1-19-9-8-10-20(2)30(19)24(31)17-34-23-13-11-22(12-14-23)26(33)35-21(3)25(32)29(4)27(18-28)15-6-5-7-16-27/h11-14,19-21H,5-10,15-17H2,1-4H3. The minimum absolute atomic E-state index is 0.0438. The van der Waals surface area contributed by atoms with Gasteiger partial charge in [0.2, 0.25) is 0 Å². The lowest BCUT2D eigenvalue weighted by Crippen LogP contribution is -2.53. The molecule has 2 aliphatic rings. The second kappa shape index (κ2) is 11.6. The Kier molecular flexibility index (Phi) is 8.76. The molecule has 1 aromatic rings. The lowest BCUT2D eigenvalue weighted by atomic mass is 9.81. The van der Waals surface area contributed by atoms with Gasteiger partial charge in [-0.2, -0.15) is 5.26 Å². The first-order chi connectivity index (χ1) is 16.7. The van der Waals surface area contributed by atoms with Gasteiger partial charge < -0.3 is 19.3 Å². The van der Waals surface area contributed by atoms with E-state index in [1.165, 1.54) is 11.8 Å². The number of ether oxygens (including phenoxy) is 2. The molecule has 1 aliphatic carbocycles. The molecule has 2 amide bonds. The van der Waals surface area contributed by atoms with Gasteiger partial charge in [0.25, 0.3) is 11.8 Å². The smallest absolute Gasteiger partial charge is 0.338 e. The first-order valence-corrected chi connectivity index (χ1v) is 12.6. The van der Waals surface area contributed by atoms with E-state index in [1.807, 2.05) is 4.90 Å². The molecule has 1 aromatic carbocycles. The van der Waals surface area contributed by atoms with Gasteiger partial charge in [0.05, 0.1) is 11.6 Å². The summed E-state index contributed by atoms with van der Waals surface area (Å²) in [6, 6.07) is 9.04. The zero-order valence-corrected chi connectivity index (χ0v) is 21.3. The van der Waals surface area contributed by atoms with E-state index in [1.54, 1.807) is 31.3 Å². The van der Waals surface area contributed by atoms with Crippen LogP contribution in [-0.2, 0) is 14.3 Å². The number of carbonyl (C=O) groups is 3. The Morgan fingerprint density at radius 2 is 1.69 bits per heavy atom. The van der Waals surface area contributed by atoms with Crippen molar-refractivity contribution >= 4 is 17.8 Å². The van der Waals surface area contributed by atoms with Crippen molar-refractivity contribution in [2.45, 2.75) is 95.9 Å². The maximum atomic E-state index is 12.9. The van der Waals surface area contributed by atoms with Crippen LogP contribution in [0.5, 0.6) is 5.75 Å². The van der Waals surface area contributed by atoms with Crippen molar-refractivity contribution in [1.82, 2.24) is 9.80 Å². The summed E-state index contributed by atoms with van der Waals surface area (Å²) in [5.74, 6) is -0.587. The third kappa shape index (κ3) is 6.14. The monoisotopic (exact) mass is 483 g/mol. The molecule has 8 heteroatoms. The van der Waals surface area contributed by atoms with Gasteiger partial charge >= 0.3 is 5.97 Å². The highest BCUT2D eigenvalue weighted by Gasteiger charge is 2.40. The van der Waals surface area contributed by atoms with Gasteiger partial charge in [-0.15, -0.1) is 0 Å². The van der Waals surface area contributed by atoms with Crippen LogP contribution in [0.3, 0.4) is 0 Å². The number of likely N-dealkylation sites (tertiary alicyclic amines) is 1. The second-order valence-corrected chi connectivity index (χ2v) is 9.89. The molecule has 1 aliphatic heterocycles. The number of esters is 1. The summed E-state index contributed by atoms with van der Waals surface area (Å²) in [5, 5.41) is 9.72. The van der Waals surface area contributed by atoms with Crippen molar-refractivity contribution < 1.29 is 23.9 Å². The molecule has 1 heterocycles. The van der Waals surface area contributed by atoms with Crippen LogP contribution in [0.15, 0.2) is 24.3 Å². The molecule has 0 aromatic heterocycles. The molecule has 0 spiro atoms. The molecule has 0 radical (unpaired) electrons. The molecule has 35 heavy (non-hydrogen) atoms. The molecule has 0 N–H and O–H groups in total. The molecule has 1 saturated heterocycles. The van der Waals surface area contributed by atoms with Crippen LogP contribution >= 0.6 is 0 Å². The molecule has 2 fully saturated rings. The molecule has 1 saturated carbocycles. The summed E-state index contributed by atoms with van der Waals surface area (Å²) in [6.07, 6.45) is 6.23. The predicted molar refractivity (Wildman–Crippen MR) is 131 cm³/mol. The van der Waals surface area contributed by atoms with Gasteiger partial charge in [-0.25, -0.2) is 4.79 Å². The Bertz CT molecular complexity index is 939. The fraction of sp³-hybridized carbons (Fsp3) is 0.630. The highest BCUT2D eigenvalue weighted by atomic mass is 16.5. The lowest BCUT2D eigenvalue weighted by Gasteiger charge is -2.39. The predicted octanol–water partition coefficient (Wildman–Crippen LogP) is 4.09. The SMILES string of the molecule is CC(OC(=O)c1ccc(OCC(=O)N2C(C)CCCC2C)cc1)C(=O)N(C)C1(C#N)CCCCC1. The van der Waals surface area contributed by atoms with E-state index < -0.39 is 17.6 Å². The number of nitriles is 1. The number of piperidine rings is 1. The summed E-state index contributed by atoms with van der Waals surface area (Å²) < 4.78 is 11.1. The molecular weight excluding hydrogens is 446 g/mol. The molecule has 3 unspecified atom stereocenters. The fourth-order valence-electron chi connectivity index (χ4n) is 5.24. The normalized spacial score (nSPS) is 22.4. The van der Waals surface area contributed by atoms with Gasteiger partial charge in [0.1, 0.15) is 11.3 Å². The summed E-state index contributed by atoms with van der Waals surface area (Å²) in [4.78, 5) is 41.5. The van der Waals surface area contributed by atoms with Crippen LogP contribution in [0.1, 0.15) is 82.5 Å². The summed E-state index contributed by atoms with van der Waals surface area (Å²) in [7, 11) is 1.61. The Hall–Kier alpha value is -3.08. The van der Waals surface area contributed by atoms with E-state index in [-0.39, 0.29) is 36.1 Å². The van der Waals surface area contributed by atoms with Crippen LogP contribution < -0.4 is 4.74 Å². The zero-order chi connectivity index (χ0) is 25.6. The maximum absolute atomic E-state index is 12.9. The van der Waals surface area contributed by atoms with Crippen molar-refractivity contribution in [1.29, 1.82) is 5.26 Å². The topological polar surface area (TPSA) is 99.9 Å². The highest BCUT2D eigenvalue weighted by Crippen LogP contribution is 2.33. The molecule has 190 valence electrons. The number of benzene rings is 1. The van der Waals surface area contributed by atoms with E-state index in [9.17, 15) is 19.6 Å². The highest BCUT2D eigenvalue weighted by molar-refractivity contribution is 5.92. The minimum atomic E-state index is -1.01. The Labute approximate surface area is 208 Å². The average Bonchev–Trinajstić information content (AvgIpc) is 2.87. The van der Waals surface area contributed by atoms with Gasteiger partial charge in [-0.1, -0.05) is 19.3 Å². The van der Waals surface area contributed by atoms with E-state index in [0.717, 1.165) is 38.5 Å². The van der Waals surface area contributed by atoms with Gasteiger partial charge in [0, 0.05) is 19.1 Å². The quantitative estimate of drug-likeness (QED) is 0.542. The largest absolute Gasteiger partial charge is 0.484 e. The Morgan fingerprint density at radius 1 is 1.09 bits per heavy atom. The molecule has 3 atom stereocenters. The van der Waals surface area contributed by atoms with Crippen LogP contribution in [0.25, 0.3) is 0 Å². The Balaban J connectivity index is 1.53. The van der Waals surface area contributed by atoms with Crippen LogP contribution in [0, 0.1) is 11.3 Å². The van der Waals surface area contributed by atoms with E-state index in [4.69, 9.17) is 9.47 Å². The van der Waals surface area contributed by atoms with E-state index in [0.29, 0.717) is 18.6 Å². The number of amides is 2. The van der Waals surface area contributed by atoms with Crippen molar-refractivity contribution in [2.24, 2.45) is 0 Å². The number of likely N-dealkylation sites (N-methyl/N-ethyl adjacent to an activating group) is 1. The van der Waals surface area contributed by atoms with E-state index >= 15 is 0 Å². The van der Waals surface area contributed by atoms with Crippen LogP contribution in [-0.4, -0.2) is 65.0 Å². The first-order valence-electron chi connectivity index (χ1n) is 12.6. The summed E-state index contributed by atoms with van der Waals surface area (Å²) in [6.45, 7) is 5.59. The zero-order valence-electron chi connectivity index (χ0n) is 21.3. The third-order valence-electron chi connectivity index (χ3n) is 7.43. The van der Waals surface area contributed by atoms with Crippen molar-refractivity contribution in [3.8, 4) is 11.8 Å². The number of hydrogen-bond donors (Lipinski definition) is 0. The maximum Gasteiger partial charge on any atom is 0.338 e. The number of rotatable bonds is 7. The van der Waals surface area contributed by atoms with Crippen LogP contribution in [0.4, 0.5) is 0 Å². The third-order valence-corrected chi connectivity index (χ3v) is 7.43. The number of hydrogen-bond acceptors (Lipinski definition) is 6. The van der Waals surface area contributed by atoms with Crippen molar-refractivity contribution in [3.63, 3.8) is 0 Å². The second-order valence-electron chi connectivity index (χ2n) is 9.89. The molecule has 3 rings (SSSR count). The average molecular weight is 484 g/mol. The van der Waals surface area contributed by atoms with Crippen LogP contribution in [0.2, 0.25) is 0 Å². The minimum Gasteiger partial charge on any atom is -0.484 e. The molecule has 0 bridgehead atoms. The lowest BCUT2D eigenvalue weighted by molar-refractivity contribution is -0.143. The number of carbonyl (C=O) groups excluding carboxylic acids is 3. The van der Waals surface area contributed by atoms with Gasteiger partial charge in [-0.3, -0.25) is 9.59 Å². The molecular formula is C27H37N3O5. The Morgan fingerprint density at radius 3 is 2.26 bits per heavy atom. The summed E-state index contributed by atoms with van der Waals surface area (Å²) >= 11 is 0. The van der Waals surface area contributed by atoms with E-state index in [2.05, 4.69) is 19.9 Å². The van der Waals surface area contributed by atoms with Gasteiger partial charge in [0.15, 0.2) is 12.7 Å². The first kappa shape index (κ1) is 26.5. The van der Waals surface area contributed by atoms with Gasteiger partial charge in [-0.05, 0) is 77.1 Å². The fourth-order valence-corrected chi connectivity index (χ4v) is 5.24. The van der Waals surface area contributed by atoms with Crippen molar-refractivity contribution in [2.75, 3.05) is 13.7 Å². The number of nitrogens with zero attached hydrogens (tertiary/aromatic N) is 3. The van der Waals surface area contributed by atoms with Crippen molar-refractivity contribution in [3.05, 3.63) is 29.8 Å².